The molecule has 2 rings (SSSR count). The van der Waals surface area contributed by atoms with Crippen LogP contribution in [0.3, 0.4) is 0 Å². The van der Waals surface area contributed by atoms with E-state index in [2.05, 4.69) is 26.2 Å². The van der Waals surface area contributed by atoms with Crippen molar-refractivity contribution in [2.75, 3.05) is 25.6 Å². The summed E-state index contributed by atoms with van der Waals surface area (Å²) in [6.07, 6.45) is -0.530. The number of aliphatic hydroxyl groups excluding tert-OH is 1. The third kappa shape index (κ3) is 3.41. The minimum Gasteiger partial charge on any atom is -0.389 e. The number of aromatic nitrogens is 1. The fraction of sp³-hybridized carbons (Fsp3) is 0.308. The van der Waals surface area contributed by atoms with Crippen LogP contribution < -0.4 is 5.32 Å². The summed E-state index contributed by atoms with van der Waals surface area (Å²) < 4.78 is 5.90. The minimum atomic E-state index is -0.530. The molecule has 2 N–H and O–H groups in total. The zero-order chi connectivity index (χ0) is 13.0. The molecule has 0 saturated carbocycles. The number of hydrogen-bond donors (Lipinski definition) is 2. The van der Waals surface area contributed by atoms with Crippen LogP contribution in [0.2, 0.25) is 0 Å². The maximum Gasteiger partial charge on any atom is 0.126 e. The molecule has 0 aliphatic carbocycles. The molecule has 1 atom stereocenters. The summed E-state index contributed by atoms with van der Waals surface area (Å²) in [4.78, 5) is 4.46. The van der Waals surface area contributed by atoms with Gasteiger partial charge >= 0.3 is 0 Å². The fourth-order valence-corrected chi connectivity index (χ4v) is 2.05. The van der Waals surface area contributed by atoms with Crippen LogP contribution in [0.1, 0.15) is 0 Å². The lowest BCUT2D eigenvalue weighted by atomic mass is 10.2. The summed E-state index contributed by atoms with van der Waals surface area (Å²) in [6.45, 7) is 0.733. The van der Waals surface area contributed by atoms with Crippen molar-refractivity contribution in [3.63, 3.8) is 0 Å². The number of benzene rings is 1. The fourth-order valence-electron chi connectivity index (χ4n) is 1.67. The number of methoxy groups -OCH3 is 1. The Morgan fingerprint density at radius 1 is 1.39 bits per heavy atom. The van der Waals surface area contributed by atoms with E-state index >= 15 is 0 Å². The highest BCUT2D eigenvalue weighted by atomic mass is 79.9. The number of fused-ring (bicyclic) bond motifs is 1. The summed E-state index contributed by atoms with van der Waals surface area (Å²) in [5.74, 6) is 0.750. The lowest BCUT2D eigenvalue weighted by Gasteiger charge is -2.11. The van der Waals surface area contributed by atoms with E-state index in [9.17, 15) is 5.11 Å². The van der Waals surface area contributed by atoms with E-state index in [-0.39, 0.29) is 0 Å². The van der Waals surface area contributed by atoms with Gasteiger partial charge in [0.2, 0.25) is 0 Å². The molecule has 1 aromatic heterocycles. The number of rotatable bonds is 5. The lowest BCUT2D eigenvalue weighted by molar-refractivity contribution is 0.0727. The van der Waals surface area contributed by atoms with Crippen LogP contribution >= 0.6 is 15.9 Å². The van der Waals surface area contributed by atoms with E-state index in [0.717, 1.165) is 21.2 Å². The molecule has 0 spiro atoms. The maximum atomic E-state index is 9.54. The van der Waals surface area contributed by atoms with E-state index in [1.165, 1.54) is 0 Å². The Balaban J connectivity index is 2.08. The average molecular weight is 311 g/mol. The molecular weight excluding hydrogens is 296 g/mol. The molecule has 18 heavy (non-hydrogen) atoms. The summed E-state index contributed by atoms with van der Waals surface area (Å²) in [5.41, 5.74) is 0.921. The first-order valence-corrected chi connectivity index (χ1v) is 6.45. The molecule has 2 aromatic rings. The van der Waals surface area contributed by atoms with Crippen molar-refractivity contribution in [2.45, 2.75) is 6.10 Å². The van der Waals surface area contributed by atoms with Crippen molar-refractivity contribution in [1.82, 2.24) is 4.98 Å². The van der Waals surface area contributed by atoms with Crippen LogP contribution in [0.4, 0.5) is 5.82 Å². The molecule has 0 saturated heterocycles. The summed E-state index contributed by atoms with van der Waals surface area (Å²) in [7, 11) is 1.56. The first kappa shape index (κ1) is 13.3. The molecule has 0 aliphatic heterocycles. The number of anilines is 1. The van der Waals surface area contributed by atoms with Crippen molar-refractivity contribution < 1.29 is 9.84 Å². The predicted molar refractivity (Wildman–Crippen MR) is 75.8 cm³/mol. The van der Waals surface area contributed by atoms with E-state index in [0.29, 0.717) is 13.2 Å². The Bertz CT molecular complexity index is 533. The van der Waals surface area contributed by atoms with Gasteiger partial charge in [-0.2, -0.15) is 0 Å². The number of aliphatic hydroxyl groups is 1. The summed E-state index contributed by atoms with van der Waals surface area (Å²) >= 11 is 3.43. The molecule has 5 heteroatoms. The van der Waals surface area contributed by atoms with Gasteiger partial charge in [-0.1, -0.05) is 15.9 Å². The van der Waals surface area contributed by atoms with E-state index in [4.69, 9.17) is 4.74 Å². The van der Waals surface area contributed by atoms with Gasteiger partial charge in [-0.25, -0.2) is 4.98 Å². The van der Waals surface area contributed by atoms with Gasteiger partial charge in [0.25, 0.3) is 0 Å². The molecule has 0 aliphatic rings. The molecule has 0 amide bonds. The smallest absolute Gasteiger partial charge is 0.126 e. The lowest BCUT2D eigenvalue weighted by Crippen LogP contribution is -2.24. The number of nitrogens with one attached hydrogen (secondary N) is 1. The number of pyridine rings is 1. The van der Waals surface area contributed by atoms with Gasteiger partial charge in [-0.15, -0.1) is 0 Å². The molecular formula is C13H15BrN2O2. The van der Waals surface area contributed by atoms with Gasteiger partial charge in [-0.3, -0.25) is 0 Å². The third-order valence-electron chi connectivity index (χ3n) is 2.53. The van der Waals surface area contributed by atoms with Gasteiger partial charge < -0.3 is 15.2 Å². The van der Waals surface area contributed by atoms with Crippen molar-refractivity contribution in [2.24, 2.45) is 0 Å². The molecule has 1 aromatic carbocycles. The van der Waals surface area contributed by atoms with Crippen molar-refractivity contribution in [3.05, 3.63) is 34.8 Å². The highest BCUT2D eigenvalue weighted by Crippen LogP contribution is 2.19. The molecule has 96 valence electrons. The van der Waals surface area contributed by atoms with Gasteiger partial charge in [0.15, 0.2) is 0 Å². The van der Waals surface area contributed by atoms with Crippen LogP contribution in [0.5, 0.6) is 0 Å². The van der Waals surface area contributed by atoms with Crippen LogP contribution in [0.25, 0.3) is 10.9 Å². The monoisotopic (exact) mass is 310 g/mol. The summed E-state index contributed by atoms with van der Waals surface area (Å²) in [5, 5.41) is 13.7. The zero-order valence-electron chi connectivity index (χ0n) is 10.1. The number of nitrogens with zero attached hydrogens (tertiary/aromatic N) is 1. The molecule has 0 unspecified atom stereocenters. The molecule has 0 fully saturated rings. The zero-order valence-corrected chi connectivity index (χ0v) is 11.6. The van der Waals surface area contributed by atoms with E-state index < -0.39 is 6.10 Å². The second-order valence-corrected chi connectivity index (χ2v) is 4.94. The predicted octanol–water partition coefficient (Wildman–Crippen LogP) is 2.42. The molecule has 0 radical (unpaired) electrons. The largest absolute Gasteiger partial charge is 0.389 e. The quantitative estimate of drug-likeness (QED) is 0.890. The Hall–Kier alpha value is -1.17. The van der Waals surface area contributed by atoms with Gasteiger partial charge in [0.1, 0.15) is 5.82 Å². The SMILES string of the molecule is COC[C@H](O)CNc1ccc2cc(Br)ccc2n1. The normalized spacial score (nSPS) is 12.6. The summed E-state index contributed by atoms with van der Waals surface area (Å²) in [6, 6.07) is 9.83. The van der Waals surface area contributed by atoms with Crippen molar-refractivity contribution in [3.8, 4) is 0 Å². The Kier molecular flexibility index (Phi) is 4.52. The highest BCUT2D eigenvalue weighted by molar-refractivity contribution is 9.10. The first-order valence-electron chi connectivity index (χ1n) is 5.66. The maximum absolute atomic E-state index is 9.54. The van der Waals surface area contributed by atoms with Crippen LogP contribution in [-0.2, 0) is 4.74 Å². The third-order valence-corrected chi connectivity index (χ3v) is 3.02. The topological polar surface area (TPSA) is 54.4 Å². The molecule has 4 nitrogen and oxygen atoms in total. The first-order chi connectivity index (χ1) is 8.69. The van der Waals surface area contributed by atoms with Crippen LogP contribution in [-0.4, -0.2) is 36.5 Å². The molecule has 1 heterocycles. The van der Waals surface area contributed by atoms with Gasteiger partial charge in [-0.05, 0) is 30.3 Å². The Labute approximate surface area is 114 Å². The number of hydrogen-bond acceptors (Lipinski definition) is 4. The van der Waals surface area contributed by atoms with Crippen LogP contribution in [0.15, 0.2) is 34.8 Å². The van der Waals surface area contributed by atoms with Gasteiger partial charge in [0, 0.05) is 23.5 Å². The Morgan fingerprint density at radius 2 is 2.22 bits per heavy atom. The van der Waals surface area contributed by atoms with E-state index in [1.54, 1.807) is 7.11 Å². The second kappa shape index (κ2) is 6.13. The highest BCUT2D eigenvalue weighted by Gasteiger charge is 2.04. The minimum absolute atomic E-state index is 0.313. The number of halogens is 1. The van der Waals surface area contributed by atoms with Crippen molar-refractivity contribution in [1.29, 1.82) is 0 Å². The number of ether oxygens (including phenoxy) is 1. The van der Waals surface area contributed by atoms with E-state index in [1.807, 2.05) is 30.3 Å². The van der Waals surface area contributed by atoms with Gasteiger partial charge in [0.05, 0.1) is 18.2 Å². The average Bonchev–Trinajstić information content (AvgIpc) is 2.36. The standard InChI is InChI=1S/C13H15BrN2O2/c1-18-8-11(17)7-15-13-5-2-9-6-10(14)3-4-12(9)16-13/h2-6,11,17H,7-8H2,1H3,(H,15,16)/t11-/m1/s1. The second-order valence-electron chi connectivity index (χ2n) is 4.02. The molecule has 0 bridgehead atoms. The Morgan fingerprint density at radius 3 is 3.00 bits per heavy atom. The van der Waals surface area contributed by atoms with Crippen molar-refractivity contribution >= 4 is 32.7 Å². The van der Waals surface area contributed by atoms with Crippen LogP contribution in [0, 0.1) is 0 Å².